The standard InChI is InChI=1S/C29H30N4O2.C20H30BNO3.C15H12ClN3O.CH4/c34-29-27-24-9-7-22-19-31-23(18-25(22)28(24)32-26(27)5-2-11-30-29)8-6-20-3-1-4-21(17-20)10-12-33-13-15-35-16-14-33;1-19(2)20(3,4)25-21(24-19)10-8-17-6-5-7-18(16-17)9-11-22-12-14-23-15-13-22;16-12-6-10-8(7-18-12)3-4-9-13-11(19-14(9)10)2-1-5-17-15(13)20;/h1,3-4,6-9,17-19,31H,2,5,10-16H2,(H,30,34);5-8,10,16H,9,11-15H2,1-4H3;3-4,6-7,18H,1-2,5H2,(H,17,20);1H4/b8-6+;10-8+;;. The molecule has 0 bridgehead atoms. The number of hydrogen-bond donors (Lipinski definition) is 4. The summed E-state index contributed by atoms with van der Waals surface area (Å²) in [5.41, 5.74) is 10.6. The average Bonchev–Trinajstić information content (AvgIpc) is 4.04. The van der Waals surface area contributed by atoms with E-state index in [9.17, 15) is 9.59 Å². The van der Waals surface area contributed by atoms with Gasteiger partial charge in [0.25, 0.3) is 11.8 Å². The number of pyridine rings is 2. The predicted molar refractivity (Wildman–Crippen MR) is 329 cm³/mol. The van der Waals surface area contributed by atoms with Crippen molar-refractivity contribution >= 4 is 92.1 Å². The zero-order valence-electron chi connectivity index (χ0n) is 46.5. The first-order chi connectivity index (χ1) is 38.8. The maximum absolute atomic E-state index is 12.6. The van der Waals surface area contributed by atoms with E-state index in [1.165, 1.54) is 22.3 Å². The number of ether oxygens (including phenoxy) is 2. The maximum Gasteiger partial charge on any atom is 0.487 e. The molecular formula is C65H76BClN8O6. The molecule has 0 aliphatic carbocycles. The van der Waals surface area contributed by atoms with Crippen LogP contribution in [0.15, 0.2) is 103 Å². The first-order valence-electron chi connectivity index (χ1n) is 28.4. The van der Waals surface area contributed by atoms with E-state index in [0.717, 1.165) is 176 Å². The number of fused-ring (bicyclic) bond motifs is 10. The molecule has 0 atom stereocenters. The minimum Gasteiger partial charge on any atom is -0.400 e. The monoisotopic (exact) mass is 1110 g/mol. The number of carbonyl (C=O) groups excluding carboxylic acids is 2. The predicted octanol–water partition coefficient (Wildman–Crippen LogP) is 11.3. The van der Waals surface area contributed by atoms with Crippen LogP contribution in [0.1, 0.15) is 108 Å². The molecule has 4 aromatic heterocycles. The van der Waals surface area contributed by atoms with Crippen LogP contribution in [0.3, 0.4) is 0 Å². The van der Waals surface area contributed by atoms with Gasteiger partial charge in [-0.25, -0.2) is 0 Å². The average molecular weight is 1110 g/mol. The molecule has 0 saturated carbocycles. The molecule has 422 valence electrons. The van der Waals surface area contributed by atoms with E-state index >= 15 is 0 Å². The maximum atomic E-state index is 12.6. The van der Waals surface area contributed by atoms with E-state index in [2.05, 4.69) is 137 Å². The Labute approximate surface area is 481 Å². The fraction of sp³-hybridized carbons (Fsp3) is 0.385. The van der Waals surface area contributed by atoms with Crippen LogP contribution in [0.4, 0.5) is 0 Å². The fourth-order valence-corrected chi connectivity index (χ4v) is 11.3. The Morgan fingerprint density at radius 2 is 1.10 bits per heavy atom. The van der Waals surface area contributed by atoms with E-state index in [1.807, 2.05) is 42.6 Å². The number of rotatable bonds is 10. The topological polar surface area (TPSA) is 159 Å². The second-order valence-electron chi connectivity index (χ2n) is 22.4. The molecule has 0 unspecified atom stereocenters. The Bertz CT molecular complexity index is 3580. The Morgan fingerprint density at radius 1 is 0.605 bits per heavy atom. The molecule has 0 spiro atoms. The van der Waals surface area contributed by atoms with Gasteiger partial charge in [0, 0.05) is 97.4 Å². The minimum absolute atomic E-state index is 0. The lowest BCUT2D eigenvalue weighted by molar-refractivity contribution is 0.00578. The molecule has 4 aromatic carbocycles. The number of aryl methyl sites for hydroxylation is 2. The molecule has 3 saturated heterocycles. The van der Waals surface area contributed by atoms with E-state index in [4.69, 9.17) is 40.4 Å². The second-order valence-corrected chi connectivity index (χ2v) is 22.8. The third-order valence-electron chi connectivity index (χ3n) is 16.4. The van der Waals surface area contributed by atoms with Crippen LogP contribution in [0.5, 0.6) is 0 Å². The highest BCUT2D eigenvalue weighted by Crippen LogP contribution is 2.38. The summed E-state index contributed by atoms with van der Waals surface area (Å²) in [5.74, 6) is 1.99. The first-order valence-corrected chi connectivity index (χ1v) is 28.8. The summed E-state index contributed by atoms with van der Waals surface area (Å²) in [6.07, 6.45) is 15.9. The molecule has 0 radical (unpaired) electrons. The van der Waals surface area contributed by atoms with Crippen molar-refractivity contribution in [1.29, 1.82) is 0 Å². The highest BCUT2D eigenvalue weighted by atomic mass is 35.5. The van der Waals surface area contributed by atoms with E-state index < -0.39 is 0 Å². The SMILES string of the molecule is C.CC1(C)OB(/C=C/c2cccc(CCN3CCOCC3)c2)OC1(C)C.O=C1NCCCc2nc3c(ccc4c[nH]c(/C=C/c5cccc(CCN6CCOCC6)c5)cc43)c21.O=C1NCCCc2nc3c(ccc4c[nH]c(Cl)cc43)c21. The molecule has 9 heterocycles. The summed E-state index contributed by atoms with van der Waals surface area (Å²) >= 11 is 6.04. The Morgan fingerprint density at radius 3 is 1.63 bits per heavy atom. The van der Waals surface area contributed by atoms with Gasteiger partial charge >= 0.3 is 7.12 Å². The number of hydrogen-bond acceptors (Lipinski definition) is 10. The number of aromatic amines is 2. The number of nitrogens with zero attached hydrogens (tertiary/aromatic N) is 4. The van der Waals surface area contributed by atoms with Crippen molar-refractivity contribution in [3.63, 3.8) is 0 Å². The number of H-pyrrole nitrogens is 2. The van der Waals surface area contributed by atoms with E-state index in [0.29, 0.717) is 18.2 Å². The van der Waals surface area contributed by atoms with Crippen molar-refractivity contribution < 1.29 is 28.4 Å². The van der Waals surface area contributed by atoms with Crippen LogP contribution in [0, 0.1) is 0 Å². The van der Waals surface area contributed by atoms with Crippen LogP contribution in [-0.4, -0.2) is 139 Å². The molecule has 5 aliphatic rings. The summed E-state index contributed by atoms with van der Waals surface area (Å²) < 4.78 is 22.9. The lowest BCUT2D eigenvalue weighted by Crippen LogP contribution is -2.41. The quantitative estimate of drug-likeness (QED) is 0.0767. The van der Waals surface area contributed by atoms with Crippen molar-refractivity contribution in [2.75, 3.05) is 78.8 Å². The molecule has 14 nitrogen and oxygen atoms in total. The van der Waals surface area contributed by atoms with Crippen molar-refractivity contribution in [2.24, 2.45) is 0 Å². The van der Waals surface area contributed by atoms with E-state index in [-0.39, 0.29) is 37.6 Å². The van der Waals surface area contributed by atoms with Crippen LogP contribution < -0.4 is 10.6 Å². The van der Waals surface area contributed by atoms with Crippen LogP contribution >= 0.6 is 11.6 Å². The van der Waals surface area contributed by atoms with Gasteiger partial charge in [0.1, 0.15) is 5.15 Å². The second kappa shape index (κ2) is 25.6. The van der Waals surface area contributed by atoms with Gasteiger partial charge < -0.3 is 39.4 Å². The molecule has 2 amide bonds. The third kappa shape index (κ3) is 13.5. The molecule has 13 rings (SSSR count). The van der Waals surface area contributed by atoms with Crippen LogP contribution in [0.25, 0.3) is 61.6 Å². The number of nitrogens with one attached hydrogen (secondary N) is 4. The molecule has 3 fully saturated rings. The number of morpholine rings is 2. The molecule has 16 heteroatoms. The number of halogens is 1. The number of amides is 2. The minimum atomic E-state index is -0.290. The number of aromatic nitrogens is 4. The Hall–Kier alpha value is -6.69. The van der Waals surface area contributed by atoms with Crippen molar-refractivity contribution in [3.8, 4) is 0 Å². The zero-order chi connectivity index (χ0) is 55.2. The van der Waals surface area contributed by atoms with Gasteiger partial charge in [-0.05, 0) is 112 Å². The van der Waals surface area contributed by atoms with Gasteiger partial charge in [0.15, 0.2) is 0 Å². The van der Waals surface area contributed by atoms with Crippen molar-refractivity contribution in [2.45, 2.75) is 84.8 Å². The zero-order valence-corrected chi connectivity index (χ0v) is 47.2. The summed E-state index contributed by atoms with van der Waals surface area (Å²) in [6, 6.07) is 29.5. The smallest absolute Gasteiger partial charge is 0.400 e. The Balaban J connectivity index is 0.000000141. The third-order valence-corrected chi connectivity index (χ3v) is 16.6. The summed E-state index contributed by atoms with van der Waals surface area (Å²) in [5, 5.41) is 12.5. The first kappa shape index (κ1) is 57.5. The van der Waals surface area contributed by atoms with Gasteiger partial charge in [-0.1, -0.05) is 110 Å². The summed E-state index contributed by atoms with van der Waals surface area (Å²) in [7, 11) is -0.290. The van der Waals surface area contributed by atoms with Gasteiger partial charge in [-0.15, -0.1) is 0 Å². The fourth-order valence-electron chi connectivity index (χ4n) is 11.1. The van der Waals surface area contributed by atoms with E-state index in [1.54, 1.807) is 0 Å². The normalized spacial score (nSPS) is 18.4. The van der Waals surface area contributed by atoms with Gasteiger partial charge in [-0.3, -0.25) is 29.4 Å². The lowest BCUT2D eigenvalue weighted by Gasteiger charge is -2.32. The largest absolute Gasteiger partial charge is 0.487 e. The number of benzene rings is 4. The molecule has 4 N–H and O–H groups in total. The van der Waals surface area contributed by atoms with Crippen molar-refractivity contribution in [1.82, 2.24) is 40.4 Å². The molecular weight excluding hydrogens is 1040 g/mol. The van der Waals surface area contributed by atoms with Crippen molar-refractivity contribution in [3.05, 3.63) is 159 Å². The summed E-state index contributed by atoms with van der Waals surface area (Å²) in [6.45, 7) is 19.4. The molecule has 5 aliphatic heterocycles. The molecule has 8 aromatic rings. The Kier molecular flexibility index (Phi) is 18.2. The van der Waals surface area contributed by atoms with Gasteiger partial charge in [-0.2, -0.15) is 0 Å². The van der Waals surface area contributed by atoms with Gasteiger partial charge in [0.05, 0.1) is 71.2 Å². The lowest BCUT2D eigenvalue weighted by atomic mass is 9.89. The molecule has 81 heavy (non-hydrogen) atoms. The van der Waals surface area contributed by atoms with Gasteiger partial charge in [0.2, 0.25) is 0 Å². The summed E-state index contributed by atoms with van der Waals surface area (Å²) in [4.78, 5) is 45.8. The highest BCUT2D eigenvalue weighted by molar-refractivity contribution is 6.52. The number of carbonyl (C=O) groups is 2. The highest BCUT2D eigenvalue weighted by Gasteiger charge is 2.50. The van der Waals surface area contributed by atoms with Crippen LogP contribution in [0.2, 0.25) is 5.15 Å². The van der Waals surface area contributed by atoms with Crippen LogP contribution in [-0.2, 0) is 44.5 Å².